The predicted molar refractivity (Wildman–Crippen MR) is 147 cm³/mol. The third-order valence-electron chi connectivity index (χ3n) is 6.26. The number of pyridine rings is 1. The fraction of sp³-hybridized carbons (Fsp3) is 0.269. The maximum atomic E-state index is 13.6. The first-order valence-corrected chi connectivity index (χ1v) is 13.3. The van der Waals surface area contributed by atoms with E-state index in [4.69, 9.17) is 21.9 Å². The molecule has 1 aromatic carbocycles. The van der Waals surface area contributed by atoms with Gasteiger partial charge in [-0.1, -0.05) is 42.2 Å². The SMILES string of the molecule is CCOC(=O)N1CCN(c2nc3ccccn3c(=O)c2C=C2SC(=S)N(Cc3ccc(F)cc3)C2=O)CC1. The van der Waals surface area contributed by atoms with E-state index in [1.807, 2.05) is 4.90 Å². The Kier molecular flexibility index (Phi) is 7.43. The molecule has 0 aliphatic carbocycles. The number of thiocarbonyl (C=S) groups is 1. The van der Waals surface area contributed by atoms with E-state index in [1.165, 1.54) is 21.4 Å². The van der Waals surface area contributed by atoms with Crippen molar-refractivity contribution < 1.29 is 18.7 Å². The molecule has 3 aromatic rings. The van der Waals surface area contributed by atoms with Gasteiger partial charge in [0.25, 0.3) is 11.5 Å². The summed E-state index contributed by atoms with van der Waals surface area (Å²) < 4.78 is 20.2. The Morgan fingerprint density at radius 3 is 2.58 bits per heavy atom. The van der Waals surface area contributed by atoms with Gasteiger partial charge in [0.05, 0.1) is 23.6 Å². The van der Waals surface area contributed by atoms with E-state index in [0.717, 1.165) is 17.3 Å². The number of hydrogen-bond acceptors (Lipinski definition) is 8. The van der Waals surface area contributed by atoms with Gasteiger partial charge >= 0.3 is 6.09 Å². The molecule has 2 aromatic heterocycles. The molecule has 2 amide bonds. The Morgan fingerprint density at radius 2 is 1.87 bits per heavy atom. The second-order valence-corrected chi connectivity index (χ2v) is 10.3. The number of amides is 2. The Labute approximate surface area is 227 Å². The molecule has 38 heavy (non-hydrogen) atoms. The van der Waals surface area contributed by atoms with Crippen LogP contribution in [0, 0.1) is 5.82 Å². The summed E-state index contributed by atoms with van der Waals surface area (Å²) in [6.07, 6.45) is 2.81. The van der Waals surface area contributed by atoms with Crippen molar-refractivity contribution in [3.63, 3.8) is 0 Å². The summed E-state index contributed by atoms with van der Waals surface area (Å²) in [6.45, 7) is 3.96. The first-order chi connectivity index (χ1) is 18.4. The van der Waals surface area contributed by atoms with Crippen LogP contribution >= 0.6 is 24.0 Å². The zero-order valence-electron chi connectivity index (χ0n) is 20.5. The highest BCUT2D eigenvalue weighted by atomic mass is 32.2. The van der Waals surface area contributed by atoms with Crippen LogP contribution in [0.25, 0.3) is 11.7 Å². The quantitative estimate of drug-likeness (QED) is 0.351. The molecule has 12 heteroatoms. The lowest BCUT2D eigenvalue weighted by molar-refractivity contribution is -0.122. The fourth-order valence-corrected chi connectivity index (χ4v) is 5.55. The molecule has 5 rings (SSSR count). The fourth-order valence-electron chi connectivity index (χ4n) is 4.31. The molecule has 196 valence electrons. The van der Waals surface area contributed by atoms with E-state index in [1.54, 1.807) is 54.4 Å². The molecule has 0 saturated carbocycles. The van der Waals surface area contributed by atoms with Crippen molar-refractivity contribution in [2.24, 2.45) is 0 Å². The molecule has 2 fully saturated rings. The van der Waals surface area contributed by atoms with Crippen LogP contribution in [-0.4, -0.2) is 68.3 Å². The topological polar surface area (TPSA) is 87.5 Å². The van der Waals surface area contributed by atoms with Crippen LogP contribution in [0.2, 0.25) is 0 Å². The highest BCUT2D eigenvalue weighted by molar-refractivity contribution is 8.26. The summed E-state index contributed by atoms with van der Waals surface area (Å²) in [4.78, 5) is 49.1. The van der Waals surface area contributed by atoms with E-state index in [9.17, 15) is 18.8 Å². The summed E-state index contributed by atoms with van der Waals surface area (Å²) >= 11 is 6.57. The van der Waals surface area contributed by atoms with Crippen molar-refractivity contribution in [1.29, 1.82) is 0 Å². The lowest BCUT2D eigenvalue weighted by atomic mass is 10.2. The Balaban J connectivity index is 1.48. The first kappa shape index (κ1) is 25.9. The highest BCUT2D eigenvalue weighted by Crippen LogP contribution is 2.34. The van der Waals surface area contributed by atoms with Gasteiger partial charge in [-0.05, 0) is 42.8 Å². The number of nitrogens with zero attached hydrogens (tertiary/aromatic N) is 5. The second-order valence-electron chi connectivity index (χ2n) is 8.65. The van der Waals surface area contributed by atoms with Crippen molar-refractivity contribution in [2.75, 3.05) is 37.7 Å². The zero-order valence-corrected chi connectivity index (χ0v) is 22.1. The minimum Gasteiger partial charge on any atom is -0.450 e. The molecular weight excluding hydrogens is 529 g/mol. The maximum absolute atomic E-state index is 13.6. The largest absolute Gasteiger partial charge is 0.450 e. The van der Waals surface area contributed by atoms with E-state index >= 15 is 0 Å². The van der Waals surface area contributed by atoms with Crippen molar-refractivity contribution in [1.82, 2.24) is 19.2 Å². The van der Waals surface area contributed by atoms with Crippen LogP contribution in [0.15, 0.2) is 58.4 Å². The third-order valence-corrected chi connectivity index (χ3v) is 7.63. The van der Waals surface area contributed by atoms with Gasteiger partial charge in [0.15, 0.2) is 0 Å². The number of aromatic nitrogens is 2. The molecule has 0 bridgehead atoms. The first-order valence-electron chi connectivity index (χ1n) is 12.0. The molecule has 9 nitrogen and oxygen atoms in total. The van der Waals surface area contributed by atoms with Crippen LogP contribution < -0.4 is 10.5 Å². The monoisotopic (exact) mass is 553 g/mol. The standard InChI is InChI=1S/C26H24FN5O4S2/c1-2-36-25(35)30-13-11-29(12-14-30)22-19(23(33)31-10-4-3-5-21(31)28-22)15-20-24(34)32(26(37)38-20)16-17-6-8-18(27)9-7-17/h3-10,15H,2,11-14,16H2,1H3. The summed E-state index contributed by atoms with van der Waals surface area (Å²) in [6, 6.07) is 11.1. The number of rotatable bonds is 5. The minimum absolute atomic E-state index is 0.194. The Hall–Kier alpha value is -3.77. The third kappa shape index (κ3) is 5.14. The average Bonchev–Trinajstić information content (AvgIpc) is 3.19. The molecule has 2 aliphatic heterocycles. The molecule has 0 radical (unpaired) electrons. The molecule has 0 atom stereocenters. The van der Waals surface area contributed by atoms with E-state index < -0.39 is 0 Å². The maximum Gasteiger partial charge on any atom is 0.409 e. The number of carbonyl (C=O) groups is 2. The van der Waals surface area contributed by atoms with E-state index in [0.29, 0.717) is 53.5 Å². The van der Waals surface area contributed by atoms with Crippen LogP contribution in [0.3, 0.4) is 0 Å². The van der Waals surface area contributed by atoms with Crippen molar-refractivity contribution in [2.45, 2.75) is 13.5 Å². The zero-order chi connectivity index (χ0) is 26.8. The van der Waals surface area contributed by atoms with Crippen molar-refractivity contribution in [3.05, 3.63) is 80.9 Å². The summed E-state index contributed by atoms with van der Waals surface area (Å²) in [5, 5.41) is 0. The molecule has 2 aliphatic rings. The van der Waals surface area contributed by atoms with Gasteiger partial charge in [0, 0.05) is 32.4 Å². The second kappa shape index (κ2) is 10.9. The Bertz CT molecular complexity index is 1500. The summed E-state index contributed by atoms with van der Waals surface area (Å²) in [5.41, 5.74) is 1.15. The van der Waals surface area contributed by atoms with Gasteiger partial charge in [0.2, 0.25) is 0 Å². The van der Waals surface area contributed by atoms with Crippen LogP contribution in [-0.2, 0) is 16.1 Å². The number of hydrogen-bond donors (Lipinski definition) is 0. The number of ether oxygens (including phenoxy) is 1. The van der Waals surface area contributed by atoms with Crippen molar-refractivity contribution >= 4 is 57.8 Å². The van der Waals surface area contributed by atoms with E-state index in [2.05, 4.69) is 0 Å². The minimum atomic E-state index is -0.372. The van der Waals surface area contributed by atoms with Crippen LogP contribution in [0.1, 0.15) is 18.1 Å². The number of thioether (sulfide) groups is 1. The Morgan fingerprint density at radius 1 is 1.13 bits per heavy atom. The normalized spacial score (nSPS) is 17.1. The van der Waals surface area contributed by atoms with Gasteiger partial charge in [-0.2, -0.15) is 0 Å². The van der Waals surface area contributed by atoms with Crippen molar-refractivity contribution in [3.8, 4) is 0 Å². The lowest BCUT2D eigenvalue weighted by Crippen LogP contribution is -2.49. The van der Waals surface area contributed by atoms with Gasteiger partial charge in [-0.3, -0.25) is 18.9 Å². The van der Waals surface area contributed by atoms with Gasteiger partial charge in [-0.15, -0.1) is 0 Å². The summed E-state index contributed by atoms with van der Waals surface area (Å²) in [7, 11) is 0. The molecule has 2 saturated heterocycles. The number of carbonyl (C=O) groups excluding carboxylic acids is 2. The van der Waals surface area contributed by atoms with E-state index in [-0.39, 0.29) is 35.5 Å². The van der Waals surface area contributed by atoms with Crippen LogP contribution in [0.5, 0.6) is 0 Å². The molecular formula is C26H24FN5O4S2. The molecule has 0 spiro atoms. The van der Waals surface area contributed by atoms with Gasteiger partial charge in [-0.25, -0.2) is 14.2 Å². The molecule has 0 N–H and O–H groups in total. The molecule has 0 unspecified atom stereocenters. The summed E-state index contributed by atoms with van der Waals surface area (Å²) in [5.74, 6) is -0.257. The smallest absolute Gasteiger partial charge is 0.409 e. The van der Waals surface area contributed by atoms with Gasteiger partial charge < -0.3 is 14.5 Å². The number of halogens is 1. The molecule has 4 heterocycles. The average molecular weight is 554 g/mol. The number of anilines is 1. The number of piperazine rings is 1. The lowest BCUT2D eigenvalue weighted by Gasteiger charge is -2.35. The van der Waals surface area contributed by atoms with Crippen LogP contribution in [0.4, 0.5) is 15.0 Å². The predicted octanol–water partition coefficient (Wildman–Crippen LogP) is 3.51. The number of benzene rings is 1. The van der Waals surface area contributed by atoms with Gasteiger partial charge in [0.1, 0.15) is 21.6 Å². The highest BCUT2D eigenvalue weighted by Gasteiger charge is 2.33. The number of fused-ring (bicyclic) bond motifs is 1.